The molecule has 0 fully saturated rings. The molecular formula is C17H15ClN4O3S. The van der Waals surface area contributed by atoms with E-state index in [2.05, 4.69) is 20.5 Å². The fourth-order valence-electron chi connectivity index (χ4n) is 2.08. The van der Waals surface area contributed by atoms with Crippen molar-refractivity contribution >= 4 is 35.0 Å². The van der Waals surface area contributed by atoms with E-state index in [0.717, 1.165) is 11.8 Å². The maximum absolute atomic E-state index is 12.4. The number of nitrogens with one attached hydrogen (secondary N) is 1. The Morgan fingerprint density at radius 1 is 1.35 bits per heavy atom. The summed E-state index contributed by atoms with van der Waals surface area (Å²) in [6.45, 7) is 1.74. The van der Waals surface area contributed by atoms with E-state index in [1.807, 2.05) is 6.07 Å². The highest BCUT2D eigenvalue weighted by Crippen LogP contribution is 2.30. The number of carbonyl (C=O) groups is 1. The van der Waals surface area contributed by atoms with Crippen molar-refractivity contribution in [1.82, 2.24) is 15.2 Å². The number of pyridine rings is 1. The van der Waals surface area contributed by atoms with Crippen LogP contribution in [0.1, 0.15) is 6.92 Å². The van der Waals surface area contributed by atoms with Crippen LogP contribution in [0.4, 0.5) is 5.69 Å². The van der Waals surface area contributed by atoms with E-state index >= 15 is 0 Å². The van der Waals surface area contributed by atoms with E-state index in [9.17, 15) is 4.79 Å². The Hall–Kier alpha value is -2.58. The Balaban J connectivity index is 1.67. The highest BCUT2D eigenvalue weighted by Gasteiger charge is 2.20. The zero-order valence-electron chi connectivity index (χ0n) is 14.0. The second kappa shape index (κ2) is 8.20. The number of hydrogen-bond donors (Lipinski definition) is 1. The lowest BCUT2D eigenvalue weighted by atomic mass is 10.3. The van der Waals surface area contributed by atoms with Crippen molar-refractivity contribution in [1.29, 1.82) is 0 Å². The first-order chi connectivity index (χ1) is 12.6. The van der Waals surface area contributed by atoms with Crippen LogP contribution in [0.25, 0.3) is 11.5 Å². The van der Waals surface area contributed by atoms with Crippen LogP contribution in [0, 0.1) is 0 Å². The van der Waals surface area contributed by atoms with E-state index in [0.29, 0.717) is 33.1 Å². The second-order valence-electron chi connectivity index (χ2n) is 5.21. The molecule has 134 valence electrons. The number of nitrogens with zero attached hydrogens (tertiary/aromatic N) is 3. The van der Waals surface area contributed by atoms with Crippen LogP contribution in [0.15, 0.2) is 52.4 Å². The Kier molecular flexibility index (Phi) is 5.75. The van der Waals surface area contributed by atoms with Crippen molar-refractivity contribution in [2.75, 3.05) is 12.4 Å². The first kappa shape index (κ1) is 18.2. The third kappa shape index (κ3) is 4.33. The molecule has 1 amide bonds. The predicted molar refractivity (Wildman–Crippen MR) is 99.5 cm³/mol. The van der Waals surface area contributed by atoms with Crippen LogP contribution >= 0.6 is 23.4 Å². The SMILES string of the molecule is COc1ccc(Cl)cc1NC(=O)[C@@H](C)Sc1nnc(-c2cccnc2)o1. The molecule has 2 heterocycles. The molecule has 0 aliphatic rings. The smallest absolute Gasteiger partial charge is 0.277 e. The molecule has 7 nitrogen and oxygen atoms in total. The number of thioether (sulfide) groups is 1. The number of anilines is 1. The molecule has 1 aromatic carbocycles. The van der Waals surface area contributed by atoms with Gasteiger partial charge in [0.2, 0.25) is 11.8 Å². The number of hydrogen-bond acceptors (Lipinski definition) is 7. The summed E-state index contributed by atoms with van der Waals surface area (Å²) in [6.07, 6.45) is 3.29. The maximum Gasteiger partial charge on any atom is 0.277 e. The van der Waals surface area contributed by atoms with E-state index in [1.165, 1.54) is 7.11 Å². The standard InChI is InChI=1S/C17H15ClN4O3S/c1-10(15(23)20-13-8-12(18)5-6-14(13)24-2)26-17-22-21-16(25-17)11-4-3-7-19-9-11/h3-10H,1-2H3,(H,20,23)/t10-/m1/s1. The molecule has 0 aliphatic heterocycles. The highest BCUT2D eigenvalue weighted by molar-refractivity contribution is 8.00. The van der Waals surface area contributed by atoms with Crippen LogP contribution in [-0.2, 0) is 4.79 Å². The molecule has 0 radical (unpaired) electrons. The van der Waals surface area contributed by atoms with Gasteiger partial charge in [0.05, 0.1) is 23.6 Å². The Morgan fingerprint density at radius 2 is 2.19 bits per heavy atom. The van der Waals surface area contributed by atoms with E-state index < -0.39 is 5.25 Å². The van der Waals surface area contributed by atoms with Gasteiger partial charge in [-0.15, -0.1) is 10.2 Å². The number of rotatable bonds is 6. The quantitative estimate of drug-likeness (QED) is 0.638. The van der Waals surface area contributed by atoms with Gasteiger partial charge >= 0.3 is 0 Å². The van der Waals surface area contributed by atoms with Crippen LogP contribution < -0.4 is 10.1 Å². The number of ether oxygens (including phenoxy) is 1. The van der Waals surface area contributed by atoms with Gasteiger partial charge in [-0.05, 0) is 37.3 Å². The molecule has 3 aromatic rings. The van der Waals surface area contributed by atoms with Crippen LogP contribution in [0.2, 0.25) is 5.02 Å². The third-order valence-corrected chi connectivity index (χ3v) is 4.55. The van der Waals surface area contributed by atoms with Crippen LogP contribution in [0.5, 0.6) is 5.75 Å². The molecule has 0 aliphatic carbocycles. The van der Waals surface area contributed by atoms with Gasteiger partial charge in [0, 0.05) is 17.4 Å². The Morgan fingerprint density at radius 3 is 2.92 bits per heavy atom. The van der Waals surface area contributed by atoms with Gasteiger partial charge in [-0.1, -0.05) is 23.4 Å². The summed E-state index contributed by atoms with van der Waals surface area (Å²) in [6, 6.07) is 8.60. The first-order valence-electron chi connectivity index (χ1n) is 7.62. The molecule has 26 heavy (non-hydrogen) atoms. The van der Waals surface area contributed by atoms with Gasteiger partial charge in [-0.3, -0.25) is 9.78 Å². The highest BCUT2D eigenvalue weighted by atomic mass is 35.5. The lowest BCUT2D eigenvalue weighted by molar-refractivity contribution is -0.115. The Labute approximate surface area is 159 Å². The average molecular weight is 391 g/mol. The number of benzene rings is 1. The summed E-state index contributed by atoms with van der Waals surface area (Å²) in [5, 5.41) is 11.1. The fraction of sp³-hybridized carbons (Fsp3) is 0.176. The van der Waals surface area contributed by atoms with Gasteiger partial charge in [0.1, 0.15) is 5.75 Å². The van der Waals surface area contributed by atoms with Gasteiger partial charge in [0.25, 0.3) is 5.22 Å². The second-order valence-corrected chi connectivity index (χ2v) is 6.94. The minimum Gasteiger partial charge on any atom is -0.495 e. The summed E-state index contributed by atoms with van der Waals surface area (Å²) in [4.78, 5) is 16.5. The summed E-state index contributed by atoms with van der Waals surface area (Å²) in [5.74, 6) is 0.637. The fourth-order valence-corrected chi connectivity index (χ4v) is 2.94. The van der Waals surface area contributed by atoms with Gasteiger partial charge in [-0.25, -0.2) is 0 Å². The summed E-state index contributed by atoms with van der Waals surface area (Å²) in [7, 11) is 1.52. The monoisotopic (exact) mass is 390 g/mol. The van der Waals surface area contributed by atoms with Gasteiger partial charge in [0.15, 0.2) is 0 Å². The zero-order valence-corrected chi connectivity index (χ0v) is 15.5. The molecule has 0 saturated heterocycles. The van der Waals surface area contributed by atoms with Crippen molar-refractivity contribution in [3.63, 3.8) is 0 Å². The molecule has 1 atom stereocenters. The lowest BCUT2D eigenvalue weighted by Crippen LogP contribution is -2.22. The molecule has 1 N–H and O–H groups in total. The molecule has 0 unspecified atom stereocenters. The van der Waals surface area contributed by atoms with E-state index in [4.69, 9.17) is 20.8 Å². The molecule has 0 saturated carbocycles. The predicted octanol–water partition coefficient (Wildman–Crippen LogP) is 3.91. The minimum atomic E-state index is -0.471. The van der Waals surface area contributed by atoms with Crippen molar-refractivity contribution in [3.05, 3.63) is 47.7 Å². The maximum atomic E-state index is 12.4. The normalized spacial score (nSPS) is 11.8. The number of halogens is 1. The third-order valence-electron chi connectivity index (χ3n) is 3.38. The van der Waals surface area contributed by atoms with Crippen molar-refractivity contribution in [2.45, 2.75) is 17.4 Å². The Bertz CT molecular complexity index is 904. The molecule has 3 rings (SSSR count). The number of aromatic nitrogens is 3. The van der Waals surface area contributed by atoms with Crippen molar-refractivity contribution in [3.8, 4) is 17.2 Å². The van der Waals surface area contributed by atoms with Crippen molar-refractivity contribution in [2.24, 2.45) is 0 Å². The molecular weight excluding hydrogens is 376 g/mol. The molecule has 2 aromatic heterocycles. The first-order valence-corrected chi connectivity index (χ1v) is 8.87. The number of methoxy groups -OCH3 is 1. The summed E-state index contributed by atoms with van der Waals surface area (Å²) >= 11 is 7.13. The topological polar surface area (TPSA) is 90.1 Å². The van der Waals surface area contributed by atoms with E-state index in [-0.39, 0.29) is 5.91 Å². The van der Waals surface area contributed by atoms with E-state index in [1.54, 1.807) is 43.6 Å². The average Bonchev–Trinajstić information content (AvgIpc) is 3.11. The molecule has 0 spiro atoms. The van der Waals surface area contributed by atoms with Crippen LogP contribution in [0.3, 0.4) is 0 Å². The molecule has 9 heteroatoms. The lowest BCUT2D eigenvalue weighted by Gasteiger charge is -2.13. The van der Waals surface area contributed by atoms with Gasteiger partial charge < -0.3 is 14.5 Å². The van der Waals surface area contributed by atoms with Gasteiger partial charge in [-0.2, -0.15) is 0 Å². The summed E-state index contributed by atoms with van der Waals surface area (Å²) < 4.78 is 10.8. The minimum absolute atomic E-state index is 0.239. The summed E-state index contributed by atoms with van der Waals surface area (Å²) in [5.41, 5.74) is 1.21. The van der Waals surface area contributed by atoms with Crippen molar-refractivity contribution < 1.29 is 13.9 Å². The zero-order chi connectivity index (χ0) is 18.5. The number of amides is 1. The molecule has 0 bridgehead atoms. The van der Waals surface area contributed by atoms with Crippen LogP contribution in [-0.4, -0.2) is 33.4 Å². The largest absolute Gasteiger partial charge is 0.495 e. The number of carbonyl (C=O) groups excluding carboxylic acids is 1.